The average Bonchev–Trinajstić information content (AvgIpc) is 3.02. The molecule has 0 spiro atoms. The van der Waals surface area contributed by atoms with Crippen LogP contribution in [0, 0.1) is 0 Å². The molecule has 3 aromatic rings. The Kier molecular flexibility index (Phi) is 15.1. The van der Waals surface area contributed by atoms with Crippen LogP contribution in [0.2, 0.25) is 6.04 Å². The van der Waals surface area contributed by atoms with Crippen molar-refractivity contribution in [2.24, 2.45) is 4.99 Å². The van der Waals surface area contributed by atoms with E-state index in [9.17, 15) is 0 Å². The van der Waals surface area contributed by atoms with Crippen molar-refractivity contribution in [3.05, 3.63) is 88.6 Å². The van der Waals surface area contributed by atoms with Crippen LogP contribution in [0.4, 0.5) is 0 Å². The molecule has 0 aromatic heterocycles. The number of fused-ring (bicyclic) bond motifs is 1. The molecule has 0 radical (unpaired) electrons. The first-order chi connectivity index (χ1) is 21.4. The Bertz CT molecular complexity index is 1330. The van der Waals surface area contributed by atoms with Crippen molar-refractivity contribution in [3.8, 4) is 0 Å². The topological polar surface area (TPSA) is 67.7 Å². The zero-order chi connectivity index (χ0) is 31.8. The molecule has 0 atom stereocenters. The van der Waals surface area contributed by atoms with Gasteiger partial charge in [0.1, 0.15) is 0 Å². The maximum Gasteiger partial charge on any atom is 0.529 e. The molecule has 44 heavy (non-hydrogen) atoms. The van der Waals surface area contributed by atoms with Gasteiger partial charge in [-0.3, -0.25) is 4.99 Å². The van der Waals surface area contributed by atoms with Crippen molar-refractivity contribution in [2.75, 3.05) is 39.6 Å². The fraction of sp³-hybridized carbons (Fsp3) is 0.457. The van der Waals surface area contributed by atoms with Gasteiger partial charge in [0.05, 0.1) is 6.54 Å². The molecule has 0 N–H and O–H groups in total. The molecule has 3 aromatic carbocycles. The molecule has 0 bridgehead atoms. The molecule has 0 saturated carbocycles. The Labute approximate surface area is 266 Å². The van der Waals surface area contributed by atoms with Gasteiger partial charge in [0.25, 0.3) is 0 Å². The Balaban J connectivity index is 1.97. The van der Waals surface area contributed by atoms with Crippen LogP contribution in [0.15, 0.2) is 71.4 Å². The van der Waals surface area contributed by atoms with Crippen LogP contribution >= 0.6 is 0 Å². The van der Waals surface area contributed by atoms with E-state index in [0.717, 1.165) is 23.3 Å². The Morgan fingerprint density at radius 3 is 1.84 bits per heavy atom. The van der Waals surface area contributed by atoms with Gasteiger partial charge in [-0.2, -0.15) is 0 Å². The lowest BCUT2D eigenvalue weighted by atomic mass is 9.94. The zero-order valence-electron chi connectivity index (χ0n) is 27.7. The molecule has 0 fully saturated rings. The van der Waals surface area contributed by atoms with Gasteiger partial charge in [-0.15, -0.1) is 0 Å². The van der Waals surface area contributed by atoms with Crippen LogP contribution in [-0.4, -0.2) is 63.0 Å². The molecule has 0 unspecified atom stereocenters. The highest BCUT2D eigenvalue weighted by Crippen LogP contribution is 2.28. The number of hydrogen-bond acceptors (Lipinski definition) is 7. The summed E-state index contributed by atoms with van der Waals surface area (Å²) >= 11 is 0. The summed E-state index contributed by atoms with van der Waals surface area (Å²) in [5.41, 5.74) is 7.56. The third kappa shape index (κ3) is 9.76. The number of aryl methyl sites for hydroxylation is 1. The number of hydrogen-bond donors (Lipinski definition) is 0. The summed E-state index contributed by atoms with van der Waals surface area (Å²) < 4.78 is 36.6. The lowest BCUT2D eigenvalue weighted by Gasteiger charge is -2.28. The van der Waals surface area contributed by atoms with Crippen molar-refractivity contribution in [2.45, 2.75) is 67.5 Å². The van der Waals surface area contributed by atoms with Crippen molar-refractivity contribution in [1.29, 1.82) is 0 Å². The predicted octanol–water partition coefficient (Wildman–Crippen LogP) is 8.04. The van der Waals surface area contributed by atoms with E-state index in [1.165, 1.54) is 21.9 Å². The van der Waals surface area contributed by atoms with Gasteiger partial charge >= 0.3 is 17.6 Å². The minimum absolute atomic E-state index is 0.526. The summed E-state index contributed by atoms with van der Waals surface area (Å²) in [5, 5.41) is 2.38. The van der Waals surface area contributed by atoms with Crippen molar-refractivity contribution >= 4 is 40.2 Å². The van der Waals surface area contributed by atoms with Gasteiger partial charge in [-0.05, 0) is 88.0 Å². The van der Waals surface area contributed by atoms with Gasteiger partial charge < -0.3 is 26.6 Å². The summed E-state index contributed by atoms with van der Waals surface area (Å²) in [4.78, 5) is 5.16. The maximum atomic E-state index is 6.16. The molecule has 240 valence electrons. The number of nitrogens with zero attached hydrogens (tertiary/aromatic N) is 1. The second-order valence-electron chi connectivity index (χ2n) is 10.1. The molecular formula is C35H51NO6Si2. The zero-order valence-corrected chi connectivity index (χ0v) is 29.7. The lowest BCUT2D eigenvalue weighted by molar-refractivity contribution is 0.0713. The fourth-order valence-electron chi connectivity index (χ4n) is 5.43. The first-order valence-electron chi connectivity index (χ1n) is 16.0. The third-order valence-electron chi connectivity index (χ3n) is 7.22. The Morgan fingerprint density at radius 2 is 1.23 bits per heavy atom. The van der Waals surface area contributed by atoms with Crippen LogP contribution in [0.25, 0.3) is 16.8 Å². The van der Waals surface area contributed by atoms with Gasteiger partial charge in [0, 0.05) is 57.0 Å². The highest BCUT2D eigenvalue weighted by atomic mass is 28.4. The highest BCUT2D eigenvalue weighted by Gasteiger charge is 2.40. The molecule has 0 aliphatic carbocycles. The lowest BCUT2D eigenvalue weighted by Crippen LogP contribution is -2.46. The van der Waals surface area contributed by atoms with E-state index in [4.69, 9.17) is 31.5 Å². The molecule has 0 heterocycles. The normalized spacial score (nSPS) is 12.9. The monoisotopic (exact) mass is 637 g/mol. The Hall–Kier alpha value is -2.48. The van der Waals surface area contributed by atoms with E-state index >= 15 is 0 Å². The van der Waals surface area contributed by atoms with Gasteiger partial charge in [0.2, 0.25) is 0 Å². The fourth-order valence-corrected chi connectivity index (χ4v) is 10.1. The van der Waals surface area contributed by atoms with E-state index in [-0.39, 0.29) is 0 Å². The maximum absolute atomic E-state index is 6.16. The molecule has 0 saturated heterocycles. The SMILES string of the molecule is CCO[Si](/C=C/c1ccccc1CN=C(C)c1c(CC[Si](OCC)(OCC)OCC)ccc2ccccc12)(OCC)OCC. The van der Waals surface area contributed by atoms with Gasteiger partial charge in [0.15, 0.2) is 0 Å². The van der Waals surface area contributed by atoms with Gasteiger partial charge in [-0.25, -0.2) is 0 Å². The second-order valence-corrected chi connectivity index (χ2v) is 15.3. The van der Waals surface area contributed by atoms with E-state index in [1.54, 1.807) is 0 Å². The summed E-state index contributed by atoms with van der Waals surface area (Å²) in [5.74, 6) is 0. The minimum Gasteiger partial charge on any atom is -0.374 e. The van der Waals surface area contributed by atoms with Crippen LogP contribution < -0.4 is 0 Å². The number of benzene rings is 3. The van der Waals surface area contributed by atoms with Crippen molar-refractivity contribution in [3.63, 3.8) is 0 Å². The van der Waals surface area contributed by atoms with Crippen LogP contribution in [-0.2, 0) is 39.5 Å². The smallest absolute Gasteiger partial charge is 0.374 e. The second kappa shape index (κ2) is 18.5. The number of rotatable bonds is 20. The van der Waals surface area contributed by atoms with Crippen molar-refractivity contribution < 1.29 is 26.6 Å². The third-order valence-corrected chi connectivity index (χ3v) is 12.9. The van der Waals surface area contributed by atoms with Gasteiger partial charge in [-0.1, -0.05) is 66.7 Å². The molecule has 3 rings (SSSR count). The predicted molar refractivity (Wildman–Crippen MR) is 185 cm³/mol. The summed E-state index contributed by atoms with van der Waals surface area (Å²) in [6.45, 7) is 17.8. The summed E-state index contributed by atoms with van der Waals surface area (Å²) in [6.07, 6.45) is 2.84. The highest BCUT2D eigenvalue weighted by molar-refractivity contribution is 6.67. The van der Waals surface area contributed by atoms with E-state index in [0.29, 0.717) is 52.2 Å². The van der Waals surface area contributed by atoms with E-state index in [2.05, 4.69) is 67.6 Å². The molecule has 9 heteroatoms. The molecule has 0 aliphatic rings. The van der Waals surface area contributed by atoms with E-state index < -0.39 is 17.6 Å². The molecule has 0 aliphatic heterocycles. The van der Waals surface area contributed by atoms with Crippen LogP contribution in [0.1, 0.15) is 70.7 Å². The molecule has 0 amide bonds. The summed E-state index contributed by atoms with van der Waals surface area (Å²) in [7, 11) is -5.72. The molecular weight excluding hydrogens is 587 g/mol. The van der Waals surface area contributed by atoms with E-state index in [1.807, 2.05) is 53.3 Å². The van der Waals surface area contributed by atoms with Crippen LogP contribution in [0.3, 0.4) is 0 Å². The summed E-state index contributed by atoms with van der Waals surface area (Å²) in [6, 6.07) is 21.9. The minimum atomic E-state index is -2.92. The Morgan fingerprint density at radius 1 is 0.659 bits per heavy atom. The largest absolute Gasteiger partial charge is 0.529 e. The quantitative estimate of drug-likeness (QED) is 0.0923. The number of aliphatic imine (C=N–C) groups is 1. The molecule has 7 nitrogen and oxygen atoms in total. The van der Waals surface area contributed by atoms with Crippen molar-refractivity contribution in [1.82, 2.24) is 0 Å². The average molecular weight is 638 g/mol. The van der Waals surface area contributed by atoms with Crippen LogP contribution in [0.5, 0.6) is 0 Å². The first-order valence-corrected chi connectivity index (χ1v) is 19.8. The standard InChI is InChI=1S/C35H51NO6Si2/c1-8-37-43(38-9-2,39-10-3)26-24-30-18-14-15-20-33(30)28-36-29(7)35-32(23-22-31-19-16-17-21-34(31)35)25-27-44(40-11-4,41-12-5)42-13-6/h14-24,26H,8-13,25,27-28H2,1-7H3/b26-24+,36-29?. The first kappa shape index (κ1) is 36.0.